The van der Waals surface area contributed by atoms with E-state index < -0.39 is 0 Å². The minimum absolute atomic E-state index is 0.0556. The van der Waals surface area contributed by atoms with Gasteiger partial charge in [0.05, 0.1) is 23.1 Å². The molecule has 0 spiro atoms. The molecule has 2 aliphatic heterocycles. The Morgan fingerprint density at radius 3 is 2.70 bits per heavy atom. The summed E-state index contributed by atoms with van der Waals surface area (Å²) in [6.07, 6.45) is 11.7. The Kier molecular flexibility index (Phi) is 7.59. The first kappa shape index (κ1) is 27.6. The summed E-state index contributed by atoms with van der Waals surface area (Å²) >= 11 is 0. The van der Waals surface area contributed by atoms with Crippen LogP contribution in [-0.4, -0.2) is 82.2 Å². The fraction of sp³-hybridized carbons (Fsp3) is 0.382. The maximum atomic E-state index is 12.7. The van der Waals surface area contributed by atoms with E-state index in [1.807, 2.05) is 12.3 Å². The second kappa shape index (κ2) is 11.8. The highest BCUT2D eigenvalue weighted by atomic mass is 16.1. The van der Waals surface area contributed by atoms with Crippen LogP contribution in [0.15, 0.2) is 60.5 Å². The Morgan fingerprint density at radius 1 is 1.02 bits per heavy atom. The van der Waals surface area contributed by atoms with E-state index in [-0.39, 0.29) is 5.91 Å². The number of fused-ring (bicyclic) bond motifs is 2. The van der Waals surface area contributed by atoms with E-state index in [1.165, 1.54) is 22.5 Å². The van der Waals surface area contributed by atoms with Crippen LogP contribution < -0.4 is 10.6 Å². The van der Waals surface area contributed by atoms with E-state index in [1.54, 1.807) is 6.20 Å². The maximum absolute atomic E-state index is 12.7. The summed E-state index contributed by atoms with van der Waals surface area (Å²) in [6.45, 7) is 8.36. The Hall–Kier alpha value is -4.21. The van der Waals surface area contributed by atoms with Crippen LogP contribution >= 0.6 is 0 Å². The molecular weight excluding hydrogens is 536 g/mol. The first-order valence-electron chi connectivity index (χ1n) is 15.5. The first-order chi connectivity index (χ1) is 21.0. The number of rotatable bonds is 6. The Labute approximate surface area is 252 Å². The molecule has 0 unspecified atom stereocenters. The lowest BCUT2D eigenvalue weighted by Gasteiger charge is -2.35. The predicted octanol–water partition coefficient (Wildman–Crippen LogP) is 5.04. The minimum atomic E-state index is 0.0556. The summed E-state index contributed by atoms with van der Waals surface area (Å²) < 4.78 is 0. The van der Waals surface area contributed by atoms with Gasteiger partial charge in [-0.3, -0.25) is 14.9 Å². The van der Waals surface area contributed by atoms with Crippen molar-refractivity contribution >= 4 is 28.2 Å². The highest BCUT2D eigenvalue weighted by Gasteiger charge is 2.24. The molecule has 1 aliphatic carbocycles. The van der Waals surface area contributed by atoms with Crippen molar-refractivity contribution in [3.63, 3.8) is 0 Å². The quantitative estimate of drug-likeness (QED) is 0.256. The molecule has 0 saturated carbocycles. The minimum Gasteiger partial charge on any atom is -0.368 e. The largest absolute Gasteiger partial charge is 0.368 e. The highest BCUT2D eigenvalue weighted by molar-refractivity contribution is 5.96. The van der Waals surface area contributed by atoms with Crippen LogP contribution in [0.3, 0.4) is 0 Å². The van der Waals surface area contributed by atoms with Crippen molar-refractivity contribution in [1.29, 1.82) is 0 Å². The number of carbonyl (C=O) groups is 1. The standard InChI is InChI=1S/C34H40N8O/c1-22-3-6-32(42-13-11-41(2)12-14-42)27-19-31(38-30(27)15-22)34-28-18-24(4-5-29(28)39-40-34)25-17-26(21-36-20-25)37-33(43)16-23-7-9-35-10-8-23/h3-6,17-21,23,35,38H,7-16H2,1-2H3,(H,37,43)(H,39,40). The van der Waals surface area contributed by atoms with Gasteiger partial charge in [0.2, 0.25) is 5.91 Å². The fourth-order valence-electron chi connectivity index (χ4n) is 6.59. The molecular formula is C34H40N8O. The number of allylic oxidation sites excluding steroid dienone is 3. The van der Waals surface area contributed by atoms with Gasteiger partial charge in [-0.2, -0.15) is 5.10 Å². The van der Waals surface area contributed by atoms with Gasteiger partial charge in [0.15, 0.2) is 0 Å². The Bertz CT molecular complexity index is 1700. The van der Waals surface area contributed by atoms with Crippen LogP contribution in [-0.2, 0) is 11.2 Å². The molecule has 5 heterocycles. The van der Waals surface area contributed by atoms with E-state index in [9.17, 15) is 4.79 Å². The number of amides is 1. The third-order valence-electron chi connectivity index (χ3n) is 9.11. The number of likely N-dealkylation sites (N-methyl/N-ethyl adjacent to an activating group) is 1. The zero-order valence-corrected chi connectivity index (χ0v) is 25.0. The molecule has 9 nitrogen and oxygen atoms in total. The van der Waals surface area contributed by atoms with Crippen molar-refractivity contribution < 1.29 is 4.79 Å². The van der Waals surface area contributed by atoms with Gasteiger partial charge in [-0.1, -0.05) is 17.7 Å². The summed E-state index contributed by atoms with van der Waals surface area (Å²) in [5, 5.41) is 15.5. The number of aromatic nitrogens is 4. The molecule has 2 fully saturated rings. The summed E-state index contributed by atoms with van der Waals surface area (Å²) in [5.41, 5.74) is 10.7. The lowest BCUT2D eigenvalue weighted by atomic mass is 9.94. The Morgan fingerprint density at radius 2 is 1.86 bits per heavy atom. The summed E-state index contributed by atoms with van der Waals surface area (Å²) in [4.78, 5) is 25.8. The van der Waals surface area contributed by atoms with Crippen LogP contribution in [0.4, 0.5) is 5.69 Å². The number of pyridine rings is 1. The van der Waals surface area contributed by atoms with Gasteiger partial charge >= 0.3 is 0 Å². The Balaban J connectivity index is 1.16. The molecule has 3 aromatic heterocycles. The van der Waals surface area contributed by atoms with E-state index >= 15 is 0 Å². The fourth-order valence-corrected chi connectivity index (χ4v) is 6.59. The third-order valence-corrected chi connectivity index (χ3v) is 9.11. The smallest absolute Gasteiger partial charge is 0.224 e. The number of hydrogen-bond acceptors (Lipinski definition) is 6. The molecule has 43 heavy (non-hydrogen) atoms. The second-order valence-corrected chi connectivity index (χ2v) is 12.3. The van der Waals surface area contributed by atoms with Crippen LogP contribution in [0.5, 0.6) is 0 Å². The molecule has 0 atom stereocenters. The second-order valence-electron chi connectivity index (χ2n) is 12.3. The van der Waals surface area contributed by atoms with Crippen LogP contribution in [0.1, 0.15) is 37.4 Å². The molecule has 1 aromatic carbocycles. The molecule has 9 heteroatoms. The molecule has 7 rings (SSSR count). The van der Waals surface area contributed by atoms with Gasteiger partial charge in [0.25, 0.3) is 0 Å². The van der Waals surface area contributed by atoms with Crippen LogP contribution in [0, 0.1) is 5.92 Å². The molecule has 222 valence electrons. The van der Waals surface area contributed by atoms with Crippen molar-refractivity contribution in [3.8, 4) is 22.5 Å². The van der Waals surface area contributed by atoms with E-state index in [0.29, 0.717) is 12.3 Å². The van der Waals surface area contributed by atoms with Gasteiger partial charge in [-0.25, -0.2) is 0 Å². The summed E-state index contributed by atoms with van der Waals surface area (Å²) in [6, 6.07) is 10.6. The highest BCUT2D eigenvalue weighted by Crippen LogP contribution is 2.36. The number of anilines is 1. The van der Waals surface area contributed by atoms with Gasteiger partial charge in [-0.05, 0) is 81.7 Å². The van der Waals surface area contributed by atoms with Crippen molar-refractivity contribution in [2.45, 2.75) is 32.6 Å². The monoisotopic (exact) mass is 576 g/mol. The third kappa shape index (κ3) is 5.87. The average molecular weight is 577 g/mol. The van der Waals surface area contributed by atoms with Crippen molar-refractivity contribution in [1.82, 2.24) is 35.3 Å². The number of carbonyl (C=O) groups excluding carboxylic acids is 1. The average Bonchev–Trinajstić information content (AvgIpc) is 3.58. The van der Waals surface area contributed by atoms with Crippen molar-refractivity contribution in [2.24, 2.45) is 5.92 Å². The molecule has 2 saturated heterocycles. The van der Waals surface area contributed by atoms with E-state index in [4.69, 9.17) is 5.10 Å². The number of nitrogens with one attached hydrogen (secondary N) is 4. The van der Waals surface area contributed by atoms with Gasteiger partial charge < -0.3 is 25.4 Å². The lowest BCUT2D eigenvalue weighted by Crippen LogP contribution is -2.43. The number of benzene rings is 1. The molecule has 4 aromatic rings. The molecule has 3 aliphatic rings. The maximum Gasteiger partial charge on any atom is 0.224 e. The number of hydrogen-bond donors (Lipinski definition) is 4. The molecule has 0 bridgehead atoms. The zero-order chi connectivity index (χ0) is 29.3. The predicted molar refractivity (Wildman–Crippen MR) is 172 cm³/mol. The number of aromatic amines is 2. The van der Waals surface area contributed by atoms with Crippen molar-refractivity contribution in [3.05, 3.63) is 71.7 Å². The molecule has 1 amide bonds. The summed E-state index contributed by atoms with van der Waals surface area (Å²) in [7, 11) is 2.19. The topological polar surface area (TPSA) is 105 Å². The molecule has 4 N–H and O–H groups in total. The number of H-pyrrole nitrogens is 2. The molecule has 0 radical (unpaired) electrons. The van der Waals surface area contributed by atoms with Crippen LogP contribution in [0.25, 0.3) is 39.1 Å². The van der Waals surface area contributed by atoms with Gasteiger partial charge in [0.1, 0.15) is 5.69 Å². The zero-order valence-electron chi connectivity index (χ0n) is 25.0. The normalized spacial score (nSPS) is 18.2. The number of nitrogens with zero attached hydrogens (tertiary/aromatic N) is 4. The van der Waals surface area contributed by atoms with Gasteiger partial charge in [0, 0.05) is 73.1 Å². The van der Waals surface area contributed by atoms with E-state index in [2.05, 4.69) is 85.9 Å². The SMILES string of the molecule is CC1=CC=C(N2CCN(C)CC2)c2cc(-c3n[nH]c4ccc(-c5cncc(NC(=O)CC6CCNCC6)c5)cc34)[nH]c2C1. The van der Waals surface area contributed by atoms with Gasteiger partial charge in [-0.15, -0.1) is 0 Å². The van der Waals surface area contributed by atoms with Crippen molar-refractivity contribution in [2.75, 3.05) is 51.6 Å². The number of piperazine rings is 1. The summed E-state index contributed by atoms with van der Waals surface area (Å²) in [5.74, 6) is 0.496. The van der Waals surface area contributed by atoms with E-state index in [0.717, 1.165) is 97.6 Å². The van der Waals surface area contributed by atoms with Crippen LogP contribution in [0.2, 0.25) is 0 Å². The number of piperidine rings is 1. The lowest BCUT2D eigenvalue weighted by molar-refractivity contribution is -0.117. The first-order valence-corrected chi connectivity index (χ1v) is 15.5.